The van der Waals surface area contributed by atoms with Gasteiger partial charge in [0.25, 0.3) is 0 Å². The van der Waals surface area contributed by atoms with E-state index in [-0.39, 0.29) is 31.6 Å². The quantitative estimate of drug-likeness (QED) is 0.0408. The van der Waals surface area contributed by atoms with Crippen LogP contribution in [0.25, 0.3) is 0 Å². The number of esters is 2. The minimum atomic E-state index is -1.02. The van der Waals surface area contributed by atoms with Crippen molar-refractivity contribution in [2.75, 3.05) is 13.2 Å². The van der Waals surface area contributed by atoms with Crippen molar-refractivity contribution in [2.24, 2.45) is 0 Å². The van der Waals surface area contributed by atoms with Gasteiger partial charge in [0.15, 0.2) is 0 Å². The third-order valence-electron chi connectivity index (χ3n) is 7.69. The van der Waals surface area contributed by atoms with Crippen LogP contribution >= 0.6 is 0 Å². The molecule has 0 bridgehead atoms. The number of hydrogen-bond acceptors (Lipinski definition) is 5. The molecule has 0 radical (unpaired) electrons. The smallest absolute Gasteiger partial charge is 0.306 e. The second-order valence-corrected chi connectivity index (χ2v) is 12.7. The molecule has 290 valence electrons. The second kappa shape index (κ2) is 41.7. The summed E-state index contributed by atoms with van der Waals surface area (Å²) in [5.41, 5.74) is 0. The van der Waals surface area contributed by atoms with Crippen LogP contribution in [0.2, 0.25) is 0 Å². The van der Waals surface area contributed by atoms with E-state index in [4.69, 9.17) is 9.47 Å². The van der Waals surface area contributed by atoms with Gasteiger partial charge in [-0.3, -0.25) is 9.59 Å². The first kappa shape index (κ1) is 48.3. The lowest BCUT2D eigenvalue weighted by atomic mass is 10.1. The third-order valence-corrected chi connectivity index (χ3v) is 7.69. The van der Waals surface area contributed by atoms with Crippen molar-refractivity contribution in [1.29, 1.82) is 0 Å². The van der Waals surface area contributed by atoms with Crippen molar-refractivity contribution in [1.82, 2.24) is 0 Å². The molecule has 0 aliphatic carbocycles. The van der Waals surface area contributed by atoms with Crippen LogP contribution < -0.4 is 0 Å². The summed E-state index contributed by atoms with van der Waals surface area (Å²) < 4.78 is 10.3. The highest BCUT2D eigenvalue weighted by atomic mass is 16.6. The predicted octanol–water partition coefficient (Wildman–Crippen LogP) is 12.8. The Balaban J connectivity index is 3.68. The molecular formula is C47H72O5. The van der Waals surface area contributed by atoms with Crippen LogP contribution in [0.1, 0.15) is 142 Å². The Morgan fingerprint density at radius 3 is 1.17 bits per heavy atom. The number of rotatable bonds is 34. The van der Waals surface area contributed by atoms with E-state index < -0.39 is 6.10 Å². The fourth-order valence-electron chi connectivity index (χ4n) is 4.68. The third kappa shape index (κ3) is 40.7. The highest BCUT2D eigenvalue weighted by molar-refractivity contribution is 5.70. The molecule has 1 atom stereocenters. The average Bonchev–Trinajstić information content (AvgIpc) is 3.15. The molecule has 0 saturated carbocycles. The summed E-state index contributed by atoms with van der Waals surface area (Å²) in [6.07, 6.45) is 61.2. The van der Waals surface area contributed by atoms with Gasteiger partial charge >= 0.3 is 11.9 Å². The van der Waals surface area contributed by atoms with Crippen LogP contribution in [0.4, 0.5) is 0 Å². The first-order valence-electron chi connectivity index (χ1n) is 20.1. The number of aliphatic hydroxyl groups excluding tert-OH is 1. The van der Waals surface area contributed by atoms with Crippen molar-refractivity contribution in [3.8, 4) is 0 Å². The monoisotopic (exact) mass is 717 g/mol. The van der Waals surface area contributed by atoms with Crippen molar-refractivity contribution >= 4 is 11.9 Å². The standard InChI is InChI=1S/C47H72O5/c1-3-5-7-9-11-13-15-17-19-21-23-25-27-29-31-33-35-37-39-41-46(49)51-43-45(48)44-52-47(50)42-40-38-36-34-32-30-28-26-24-22-20-18-16-14-12-10-8-6-4-2/h5,7,11-14,17-20,23-26,29-32,36,38,45,48H,3-4,6,8-10,15-16,21-22,27-28,33-35,37,39-44H2,1-2H3/b7-5-,13-11-,14-12-,19-17-,20-18-,25-23-,26-24-,31-29-,32-30-,38-36-/t45-/m0/s1. The predicted molar refractivity (Wildman–Crippen MR) is 223 cm³/mol. The van der Waals surface area contributed by atoms with E-state index in [0.29, 0.717) is 12.8 Å². The van der Waals surface area contributed by atoms with Crippen LogP contribution in [0.5, 0.6) is 0 Å². The van der Waals surface area contributed by atoms with Gasteiger partial charge in [-0.15, -0.1) is 0 Å². The number of aliphatic hydroxyl groups is 1. The van der Waals surface area contributed by atoms with E-state index in [1.807, 2.05) is 12.2 Å². The Morgan fingerprint density at radius 2 is 0.769 bits per heavy atom. The van der Waals surface area contributed by atoms with E-state index in [1.165, 1.54) is 25.7 Å². The van der Waals surface area contributed by atoms with E-state index in [0.717, 1.165) is 83.5 Å². The summed E-state index contributed by atoms with van der Waals surface area (Å²) in [6.45, 7) is 4.04. The normalized spacial score (nSPS) is 13.5. The Hall–Kier alpha value is -3.70. The zero-order valence-electron chi connectivity index (χ0n) is 32.8. The number of allylic oxidation sites excluding steroid dienone is 20. The molecule has 5 heteroatoms. The SMILES string of the molecule is CC/C=C\C/C=C\C/C=C\C/C=C\C/C=C\CCCCCC(=O)OC[C@H](O)COC(=O)CC/C=C\C/C=C\C/C=C\C/C=C\C/C=C\CCCCC. The largest absolute Gasteiger partial charge is 0.463 e. The molecule has 1 N–H and O–H groups in total. The van der Waals surface area contributed by atoms with E-state index >= 15 is 0 Å². The van der Waals surface area contributed by atoms with Crippen molar-refractivity contribution < 1.29 is 24.2 Å². The number of carbonyl (C=O) groups is 2. The lowest BCUT2D eigenvalue weighted by Crippen LogP contribution is -2.25. The number of hydrogen-bond donors (Lipinski definition) is 1. The minimum Gasteiger partial charge on any atom is -0.463 e. The van der Waals surface area contributed by atoms with Gasteiger partial charge in [0.1, 0.15) is 19.3 Å². The fraction of sp³-hybridized carbons (Fsp3) is 0.532. The van der Waals surface area contributed by atoms with Gasteiger partial charge in [-0.2, -0.15) is 0 Å². The molecule has 0 aliphatic heterocycles. The molecule has 0 unspecified atom stereocenters. The highest BCUT2D eigenvalue weighted by Crippen LogP contribution is 2.07. The molecule has 52 heavy (non-hydrogen) atoms. The first-order valence-corrected chi connectivity index (χ1v) is 20.1. The maximum atomic E-state index is 12.0. The first-order chi connectivity index (χ1) is 25.6. The van der Waals surface area contributed by atoms with Gasteiger partial charge in [0, 0.05) is 12.8 Å². The molecule has 0 aromatic rings. The van der Waals surface area contributed by atoms with Crippen LogP contribution in [-0.4, -0.2) is 36.4 Å². The Kier molecular flexibility index (Phi) is 38.8. The molecule has 0 amide bonds. The lowest BCUT2D eigenvalue weighted by Gasteiger charge is -2.11. The zero-order valence-corrected chi connectivity index (χ0v) is 32.8. The van der Waals surface area contributed by atoms with E-state index in [9.17, 15) is 14.7 Å². The molecular weight excluding hydrogens is 645 g/mol. The van der Waals surface area contributed by atoms with Crippen LogP contribution in [-0.2, 0) is 19.1 Å². The van der Waals surface area contributed by atoms with Gasteiger partial charge in [-0.05, 0) is 96.3 Å². The number of carbonyl (C=O) groups excluding carboxylic acids is 2. The summed E-state index contributed by atoms with van der Waals surface area (Å²) >= 11 is 0. The second-order valence-electron chi connectivity index (χ2n) is 12.7. The topological polar surface area (TPSA) is 72.8 Å². The molecule has 0 aromatic carbocycles. The van der Waals surface area contributed by atoms with E-state index in [1.54, 1.807) is 0 Å². The minimum absolute atomic E-state index is 0.166. The van der Waals surface area contributed by atoms with Crippen LogP contribution in [0.15, 0.2) is 122 Å². The van der Waals surface area contributed by atoms with Crippen LogP contribution in [0, 0.1) is 0 Å². The summed E-state index contributed by atoms with van der Waals surface area (Å²) in [7, 11) is 0. The maximum absolute atomic E-state index is 12.0. The van der Waals surface area contributed by atoms with E-state index in [2.05, 4.69) is 123 Å². The molecule has 5 nitrogen and oxygen atoms in total. The zero-order chi connectivity index (χ0) is 37.8. The number of unbranched alkanes of at least 4 members (excludes halogenated alkanes) is 6. The molecule has 0 rings (SSSR count). The van der Waals surface area contributed by atoms with Gasteiger partial charge in [0.2, 0.25) is 0 Å². The molecule has 0 aliphatic rings. The molecule has 0 saturated heterocycles. The summed E-state index contributed by atoms with van der Waals surface area (Å²) in [5, 5.41) is 10.0. The van der Waals surface area contributed by atoms with Crippen molar-refractivity contribution in [2.45, 2.75) is 148 Å². The van der Waals surface area contributed by atoms with Crippen LogP contribution in [0.3, 0.4) is 0 Å². The average molecular weight is 717 g/mol. The van der Waals surface area contributed by atoms with Crippen molar-refractivity contribution in [3.63, 3.8) is 0 Å². The molecule has 0 fully saturated rings. The molecule has 0 heterocycles. The Bertz CT molecular complexity index is 1130. The Morgan fingerprint density at radius 1 is 0.423 bits per heavy atom. The summed E-state index contributed by atoms with van der Waals surface area (Å²) in [5.74, 6) is -0.708. The van der Waals surface area contributed by atoms with Gasteiger partial charge in [0.05, 0.1) is 0 Å². The number of ether oxygens (including phenoxy) is 2. The molecule has 0 spiro atoms. The van der Waals surface area contributed by atoms with Crippen molar-refractivity contribution in [3.05, 3.63) is 122 Å². The van der Waals surface area contributed by atoms with Gasteiger partial charge in [-0.1, -0.05) is 155 Å². The highest BCUT2D eigenvalue weighted by Gasteiger charge is 2.11. The van der Waals surface area contributed by atoms with Gasteiger partial charge in [-0.25, -0.2) is 0 Å². The Labute approximate surface area is 318 Å². The summed E-state index contributed by atoms with van der Waals surface area (Å²) in [6, 6.07) is 0. The fourth-order valence-corrected chi connectivity index (χ4v) is 4.68. The molecule has 0 aromatic heterocycles. The maximum Gasteiger partial charge on any atom is 0.306 e. The lowest BCUT2D eigenvalue weighted by molar-refractivity contribution is -0.152. The summed E-state index contributed by atoms with van der Waals surface area (Å²) in [4.78, 5) is 23.9. The van der Waals surface area contributed by atoms with Gasteiger partial charge < -0.3 is 14.6 Å².